The second kappa shape index (κ2) is 13.9. The van der Waals surface area contributed by atoms with E-state index in [2.05, 4.69) is 21.8 Å². The zero-order valence-corrected chi connectivity index (χ0v) is 29.2. The van der Waals surface area contributed by atoms with Gasteiger partial charge in [0.15, 0.2) is 5.82 Å². The molecule has 1 fully saturated rings. The summed E-state index contributed by atoms with van der Waals surface area (Å²) in [5.41, 5.74) is 3.08. The maximum atomic E-state index is 13.9. The van der Waals surface area contributed by atoms with Crippen molar-refractivity contribution in [3.8, 4) is 11.1 Å². The lowest BCUT2D eigenvalue weighted by molar-refractivity contribution is -0.131. The molecule has 2 aliphatic rings. The largest absolute Gasteiger partial charge is 0.359 e. The first-order valence-electron chi connectivity index (χ1n) is 16.8. The number of amides is 2. The molecule has 0 atom stereocenters. The van der Waals surface area contributed by atoms with Crippen molar-refractivity contribution in [2.75, 3.05) is 11.8 Å². The Bertz CT molecular complexity index is 2000. The summed E-state index contributed by atoms with van der Waals surface area (Å²) in [6, 6.07) is 15.9. The molecule has 0 bridgehead atoms. The van der Waals surface area contributed by atoms with E-state index in [-0.39, 0.29) is 29.1 Å². The monoisotopic (exact) mass is 682 g/mol. The molecule has 256 valence electrons. The van der Waals surface area contributed by atoms with Crippen LogP contribution in [-0.4, -0.2) is 58.6 Å². The van der Waals surface area contributed by atoms with Gasteiger partial charge in [0.25, 0.3) is 21.8 Å². The van der Waals surface area contributed by atoms with Crippen LogP contribution in [0.2, 0.25) is 0 Å². The number of amidine groups is 1. The summed E-state index contributed by atoms with van der Waals surface area (Å²) in [6.45, 7) is 6.09. The number of benzene rings is 2. The van der Waals surface area contributed by atoms with E-state index in [1.165, 1.54) is 6.20 Å². The third-order valence-electron chi connectivity index (χ3n) is 9.51. The Hall–Kier alpha value is -4.84. The summed E-state index contributed by atoms with van der Waals surface area (Å²) in [6.07, 6.45) is 9.34. The minimum atomic E-state index is -4.10. The number of anilines is 1. The highest BCUT2D eigenvalue weighted by Gasteiger charge is 2.49. The SMILES string of the molecule is CCCCC1=NC2(CCCC2)C(=O)N1Cc1ccc(-c2ccccc2S(=O)(=O)Nc2noc(C)c2C)c(CN(C)C(=O)c2cccnc2)c1. The first-order valence-corrected chi connectivity index (χ1v) is 18.2. The number of carbonyl (C=O) groups excluding carboxylic acids is 2. The van der Waals surface area contributed by atoms with Gasteiger partial charge in [0.2, 0.25) is 0 Å². The summed E-state index contributed by atoms with van der Waals surface area (Å²) < 4.78 is 35.5. The predicted octanol–water partition coefficient (Wildman–Crippen LogP) is 6.67. The second-order valence-electron chi connectivity index (χ2n) is 13.0. The molecule has 1 saturated carbocycles. The number of nitrogens with zero attached hydrogens (tertiary/aromatic N) is 5. The van der Waals surface area contributed by atoms with Crippen LogP contribution in [0.5, 0.6) is 0 Å². The van der Waals surface area contributed by atoms with Crippen LogP contribution in [0.15, 0.2) is 81.4 Å². The molecule has 1 spiro atoms. The topological polar surface area (TPSA) is 138 Å². The van der Waals surface area contributed by atoms with Crippen LogP contribution < -0.4 is 4.72 Å². The lowest BCUT2D eigenvalue weighted by Gasteiger charge is -2.24. The molecular weight excluding hydrogens is 641 g/mol. The average Bonchev–Trinajstić information content (AvgIpc) is 3.78. The van der Waals surface area contributed by atoms with Crippen LogP contribution in [0.4, 0.5) is 5.82 Å². The van der Waals surface area contributed by atoms with Crippen LogP contribution >= 0.6 is 0 Å². The van der Waals surface area contributed by atoms with Crippen molar-refractivity contribution in [2.45, 2.75) is 89.2 Å². The standard InChI is InChI=1S/C37H42N6O5S/c1-5-6-15-33-39-37(18-9-10-19-37)36(45)43(33)23-27-16-17-30(29(21-27)24-42(4)35(44)28-12-11-20-38-22-28)31-13-7-8-14-32(31)49(46,47)41-34-25(2)26(3)48-40-34/h7-8,11-14,16-17,20-22H,5-6,9-10,15,18-19,23-24H2,1-4H3,(H,40,41). The van der Waals surface area contributed by atoms with Gasteiger partial charge >= 0.3 is 0 Å². The van der Waals surface area contributed by atoms with Gasteiger partial charge in [-0.3, -0.25) is 29.2 Å². The summed E-state index contributed by atoms with van der Waals surface area (Å²) in [4.78, 5) is 40.0. The molecule has 0 unspecified atom stereocenters. The number of sulfonamides is 1. The van der Waals surface area contributed by atoms with Crippen LogP contribution in [-0.2, 0) is 27.9 Å². The van der Waals surface area contributed by atoms with E-state index in [1.54, 1.807) is 68.4 Å². The number of nitrogens with one attached hydrogen (secondary N) is 1. The van der Waals surface area contributed by atoms with Gasteiger partial charge in [0, 0.05) is 43.5 Å². The lowest BCUT2D eigenvalue weighted by Crippen LogP contribution is -2.40. The Balaban J connectivity index is 1.39. The Labute approximate surface area is 287 Å². The molecule has 2 aromatic heterocycles. The van der Waals surface area contributed by atoms with Crippen molar-refractivity contribution >= 4 is 33.5 Å². The average molecular weight is 683 g/mol. The normalized spacial score (nSPS) is 15.6. The van der Waals surface area contributed by atoms with Crippen LogP contribution in [0.3, 0.4) is 0 Å². The number of aryl methyl sites for hydroxylation is 1. The summed E-state index contributed by atoms with van der Waals surface area (Å²) in [7, 11) is -2.40. The van der Waals surface area contributed by atoms with E-state index in [0.717, 1.165) is 61.9 Å². The van der Waals surface area contributed by atoms with Crippen LogP contribution in [0.1, 0.15) is 84.7 Å². The molecule has 1 N–H and O–H groups in total. The van der Waals surface area contributed by atoms with Gasteiger partial charge in [-0.2, -0.15) is 0 Å². The number of rotatable bonds is 12. The number of carbonyl (C=O) groups is 2. The molecule has 1 aliphatic heterocycles. The summed E-state index contributed by atoms with van der Waals surface area (Å²) in [5, 5.41) is 3.89. The van der Waals surface area contributed by atoms with Crippen molar-refractivity contribution in [3.63, 3.8) is 0 Å². The molecule has 4 aromatic rings. The van der Waals surface area contributed by atoms with E-state index in [0.29, 0.717) is 34.6 Å². The third-order valence-corrected chi connectivity index (χ3v) is 10.9. The van der Waals surface area contributed by atoms with Crippen molar-refractivity contribution in [2.24, 2.45) is 4.99 Å². The van der Waals surface area contributed by atoms with Crippen molar-refractivity contribution in [3.05, 3.63) is 95.0 Å². The molecule has 2 amide bonds. The Morgan fingerprint density at radius 1 is 1.06 bits per heavy atom. The van der Waals surface area contributed by atoms with Gasteiger partial charge in [-0.1, -0.05) is 67.7 Å². The molecule has 0 saturated heterocycles. The first-order chi connectivity index (χ1) is 23.5. The number of hydrogen-bond acceptors (Lipinski definition) is 8. The molecule has 0 radical (unpaired) electrons. The number of aliphatic imine (C=N–C) groups is 1. The van der Waals surface area contributed by atoms with Gasteiger partial charge < -0.3 is 9.42 Å². The third kappa shape index (κ3) is 6.87. The van der Waals surface area contributed by atoms with Crippen LogP contribution in [0.25, 0.3) is 11.1 Å². The highest BCUT2D eigenvalue weighted by molar-refractivity contribution is 7.92. The zero-order valence-electron chi connectivity index (χ0n) is 28.4. The van der Waals surface area contributed by atoms with Gasteiger partial charge in [-0.05, 0) is 68.0 Å². The molecule has 1 aliphatic carbocycles. The van der Waals surface area contributed by atoms with Crippen LogP contribution in [0, 0.1) is 13.8 Å². The highest BCUT2D eigenvalue weighted by atomic mass is 32.2. The van der Waals surface area contributed by atoms with Gasteiger partial charge in [-0.15, -0.1) is 0 Å². The quantitative estimate of drug-likeness (QED) is 0.176. The summed E-state index contributed by atoms with van der Waals surface area (Å²) >= 11 is 0. The fourth-order valence-electron chi connectivity index (χ4n) is 6.68. The molecule has 3 heterocycles. The fourth-order valence-corrected chi connectivity index (χ4v) is 7.96. The number of pyridine rings is 1. The van der Waals surface area contributed by atoms with Gasteiger partial charge in [0.05, 0.1) is 17.0 Å². The van der Waals surface area contributed by atoms with Crippen molar-refractivity contribution in [1.82, 2.24) is 19.9 Å². The van der Waals surface area contributed by atoms with E-state index in [9.17, 15) is 18.0 Å². The Kier molecular flexibility index (Phi) is 9.69. The fraction of sp³-hybridized carbons (Fsp3) is 0.378. The first kappa shape index (κ1) is 34.0. The molecule has 12 heteroatoms. The smallest absolute Gasteiger partial charge is 0.263 e. The lowest BCUT2D eigenvalue weighted by atomic mass is 9.95. The van der Waals surface area contributed by atoms with E-state index < -0.39 is 15.6 Å². The molecule has 6 rings (SSSR count). The molecule has 49 heavy (non-hydrogen) atoms. The minimum Gasteiger partial charge on any atom is -0.359 e. The van der Waals surface area contributed by atoms with Gasteiger partial charge in [-0.25, -0.2) is 8.42 Å². The Morgan fingerprint density at radius 3 is 2.53 bits per heavy atom. The van der Waals surface area contributed by atoms with Crippen molar-refractivity contribution in [1.29, 1.82) is 0 Å². The van der Waals surface area contributed by atoms with Gasteiger partial charge in [0.1, 0.15) is 17.1 Å². The maximum absolute atomic E-state index is 13.9. The molecule has 11 nitrogen and oxygen atoms in total. The molecular formula is C37H42N6O5S. The minimum absolute atomic E-state index is 0.0529. The highest BCUT2D eigenvalue weighted by Crippen LogP contribution is 2.40. The second-order valence-corrected chi connectivity index (χ2v) is 14.6. The maximum Gasteiger partial charge on any atom is 0.263 e. The number of aromatic nitrogens is 2. The summed E-state index contributed by atoms with van der Waals surface area (Å²) in [5.74, 6) is 1.32. The Morgan fingerprint density at radius 2 is 1.84 bits per heavy atom. The number of unbranched alkanes of at least 4 members (excludes halogenated alkanes) is 1. The number of hydrogen-bond donors (Lipinski definition) is 1. The van der Waals surface area contributed by atoms with Crippen molar-refractivity contribution < 1.29 is 22.5 Å². The van der Waals surface area contributed by atoms with E-state index in [1.807, 2.05) is 23.1 Å². The molecule has 2 aromatic carbocycles. The van der Waals surface area contributed by atoms with E-state index in [4.69, 9.17) is 9.52 Å². The van der Waals surface area contributed by atoms with E-state index >= 15 is 0 Å². The predicted molar refractivity (Wildman–Crippen MR) is 187 cm³/mol. The zero-order chi connectivity index (χ0) is 34.8.